The van der Waals surface area contributed by atoms with Crippen molar-refractivity contribution >= 4 is 35.2 Å². The first-order chi connectivity index (χ1) is 27.8. The van der Waals surface area contributed by atoms with Crippen LogP contribution >= 0.6 is 12.6 Å². The van der Waals surface area contributed by atoms with Gasteiger partial charge in [0, 0.05) is 52.2 Å². The first kappa shape index (κ1) is 57.1. The first-order valence-corrected chi connectivity index (χ1v) is 31.6. The van der Waals surface area contributed by atoms with Crippen LogP contribution in [0.1, 0.15) is 190 Å². The average Bonchev–Trinajstić information content (AvgIpc) is 3.15. The number of unbranched alkanes of at least 4 members (excludes halogenated alkanes) is 14. The number of ether oxygens (including phenoxy) is 1. The minimum atomic E-state index is -1.99. The van der Waals surface area contributed by atoms with Crippen LogP contribution in [0.25, 0.3) is 0 Å². The Kier molecular flexibility index (Phi) is 30.8. The molecule has 1 heterocycles. The maximum Gasteiger partial charge on any atom is 0.305 e. The third kappa shape index (κ3) is 27.1. The van der Waals surface area contributed by atoms with E-state index in [0.717, 1.165) is 90.3 Å². The molecule has 0 aromatic carbocycles. The molecule has 0 aromatic heterocycles. The molecule has 0 N–H and O–H groups in total. The van der Waals surface area contributed by atoms with E-state index in [-0.39, 0.29) is 28.3 Å². The SMILES string of the molecule is CCCCCCCCCCC(CN(CCCC(=O)OCCN1CCN(CCCS)CC1)CC(CCCCCCCCCC)O[Si](C)(C)C(C)(C)C)O[Si](C)(C)C(C)(C)C. The summed E-state index contributed by atoms with van der Waals surface area (Å²) in [6, 6.07) is 0. The minimum Gasteiger partial charge on any atom is -0.464 e. The Morgan fingerprint density at radius 2 is 0.983 bits per heavy atom. The van der Waals surface area contributed by atoms with E-state index in [1.165, 1.54) is 103 Å². The lowest BCUT2D eigenvalue weighted by atomic mass is 10.0. The highest BCUT2D eigenvalue weighted by atomic mass is 32.1. The van der Waals surface area contributed by atoms with Crippen molar-refractivity contribution < 1.29 is 18.4 Å². The second-order valence-electron chi connectivity index (χ2n) is 21.4. The highest BCUT2D eigenvalue weighted by Gasteiger charge is 2.41. The predicted molar refractivity (Wildman–Crippen MR) is 267 cm³/mol. The van der Waals surface area contributed by atoms with Crippen molar-refractivity contribution in [1.29, 1.82) is 0 Å². The minimum absolute atomic E-state index is 0.0571. The summed E-state index contributed by atoms with van der Waals surface area (Å²) in [6.45, 7) is 37.9. The molecule has 0 spiro atoms. The Hall–Kier alpha value is 0.0538. The highest BCUT2D eigenvalue weighted by Crippen LogP contribution is 2.39. The van der Waals surface area contributed by atoms with Crippen LogP contribution in [0.4, 0.5) is 0 Å². The summed E-state index contributed by atoms with van der Waals surface area (Å²) < 4.78 is 20.5. The van der Waals surface area contributed by atoms with E-state index in [0.29, 0.717) is 13.0 Å². The summed E-state index contributed by atoms with van der Waals surface area (Å²) in [4.78, 5) is 20.7. The molecule has 352 valence electrons. The monoisotopic (exact) mass is 886 g/mol. The van der Waals surface area contributed by atoms with Gasteiger partial charge in [0.15, 0.2) is 16.6 Å². The number of carbonyl (C=O) groups excluding carboxylic acids is 1. The normalized spacial score (nSPS) is 16.2. The topological polar surface area (TPSA) is 54.5 Å². The van der Waals surface area contributed by atoms with Crippen molar-refractivity contribution in [3.63, 3.8) is 0 Å². The highest BCUT2D eigenvalue weighted by molar-refractivity contribution is 7.80. The average molecular weight is 887 g/mol. The maximum absolute atomic E-state index is 13.1. The molecule has 2 unspecified atom stereocenters. The Morgan fingerprint density at radius 1 is 0.593 bits per heavy atom. The molecule has 0 radical (unpaired) electrons. The third-order valence-corrected chi connectivity index (χ3v) is 23.2. The number of thiol groups is 1. The van der Waals surface area contributed by atoms with Crippen LogP contribution in [-0.2, 0) is 18.4 Å². The smallest absolute Gasteiger partial charge is 0.305 e. The Labute approximate surface area is 376 Å². The molecule has 0 aliphatic carbocycles. The molecular weight excluding hydrogens is 783 g/mol. The molecule has 7 nitrogen and oxygen atoms in total. The van der Waals surface area contributed by atoms with E-state index in [1.807, 2.05) is 0 Å². The Balaban J connectivity index is 3.09. The summed E-state index contributed by atoms with van der Waals surface area (Å²) in [5.41, 5.74) is 0. The van der Waals surface area contributed by atoms with Gasteiger partial charge in [0.2, 0.25) is 0 Å². The van der Waals surface area contributed by atoms with Crippen molar-refractivity contribution in [3.8, 4) is 0 Å². The number of hydrogen-bond acceptors (Lipinski definition) is 8. The van der Waals surface area contributed by atoms with Gasteiger partial charge in [0.25, 0.3) is 0 Å². The van der Waals surface area contributed by atoms with Crippen molar-refractivity contribution in [2.75, 3.05) is 71.3 Å². The molecule has 1 aliphatic heterocycles. The molecule has 10 heteroatoms. The lowest BCUT2D eigenvalue weighted by Crippen LogP contribution is -2.50. The second-order valence-corrected chi connectivity index (χ2v) is 31.3. The standard InChI is InChI=1S/C49H103N3O4SSi2/c1-13-15-17-19-21-23-25-27-31-45(55-58(9,10)48(3,4)5)43-52(34-29-33-47(53)54-41-40-51-38-36-50(37-39-51)35-30-42-57)44-46(56-59(11,12)49(6,7)8)32-28-26-24-22-20-18-16-14-2/h45-46,57H,13-44H2,1-12H3. The van der Waals surface area contributed by atoms with E-state index in [2.05, 4.69) is 109 Å². The van der Waals surface area contributed by atoms with Crippen LogP contribution in [-0.4, -0.2) is 121 Å². The number of rotatable bonds is 36. The van der Waals surface area contributed by atoms with Crippen molar-refractivity contribution in [1.82, 2.24) is 14.7 Å². The van der Waals surface area contributed by atoms with Crippen LogP contribution in [0.15, 0.2) is 0 Å². The van der Waals surface area contributed by atoms with Crippen LogP contribution in [0, 0.1) is 0 Å². The molecule has 0 aromatic rings. The van der Waals surface area contributed by atoms with Crippen LogP contribution in [0.3, 0.4) is 0 Å². The quantitative estimate of drug-likeness (QED) is 0.0291. The molecular formula is C49H103N3O4SSi2. The van der Waals surface area contributed by atoms with E-state index in [9.17, 15) is 4.79 Å². The van der Waals surface area contributed by atoms with Crippen LogP contribution in [0.5, 0.6) is 0 Å². The largest absolute Gasteiger partial charge is 0.464 e. The van der Waals surface area contributed by atoms with Gasteiger partial charge in [-0.1, -0.05) is 158 Å². The first-order valence-electron chi connectivity index (χ1n) is 25.1. The van der Waals surface area contributed by atoms with Crippen molar-refractivity contribution in [2.24, 2.45) is 0 Å². The van der Waals surface area contributed by atoms with Gasteiger partial charge < -0.3 is 18.5 Å². The fourth-order valence-electron chi connectivity index (χ4n) is 7.75. The van der Waals surface area contributed by atoms with Gasteiger partial charge in [-0.25, -0.2) is 0 Å². The van der Waals surface area contributed by atoms with Crippen molar-refractivity contribution in [3.05, 3.63) is 0 Å². The van der Waals surface area contributed by atoms with E-state index >= 15 is 0 Å². The zero-order chi connectivity index (χ0) is 44.2. The van der Waals surface area contributed by atoms with Gasteiger partial charge in [-0.2, -0.15) is 12.6 Å². The predicted octanol–water partition coefficient (Wildman–Crippen LogP) is 13.4. The number of carbonyl (C=O) groups is 1. The molecule has 1 fully saturated rings. The molecule has 1 aliphatic rings. The number of hydrogen-bond donors (Lipinski definition) is 1. The number of piperazine rings is 1. The summed E-state index contributed by atoms with van der Waals surface area (Å²) in [5, 5.41) is 0.312. The second kappa shape index (κ2) is 31.8. The van der Waals surface area contributed by atoms with Crippen molar-refractivity contribution in [2.45, 2.75) is 239 Å². The maximum atomic E-state index is 13.1. The Morgan fingerprint density at radius 3 is 1.37 bits per heavy atom. The Bertz CT molecular complexity index is 976. The zero-order valence-corrected chi connectivity index (χ0v) is 44.6. The van der Waals surface area contributed by atoms with Crippen LogP contribution < -0.4 is 0 Å². The van der Waals surface area contributed by atoms with E-state index < -0.39 is 16.6 Å². The van der Waals surface area contributed by atoms with Gasteiger partial charge in [0.1, 0.15) is 6.61 Å². The molecule has 0 saturated carbocycles. The zero-order valence-electron chi connectivity index (χ0n) is 41.7. The van der Waals surface area contributed by atoms with Gasteiger partial charge in [-0.05, 0) is 80.8 Å². The van der Waals surface area contributed by atoms with Gasteiger partial charge in [-0.15, -0.1) is 0 Å². The van der Waals surface area contributed by atoms with Crippen LogP contribution in [0.2, 0.25) is 36.3 Å². The fraction of sp³-hybridized carbons (Fsp3) is 0.980. The summed E-state index contributed by atoms with van der Waals surface area (Å²) in [5.74, 6) is 0.890. The summed E-state index contributed by atoms with van der Waals surface area (Å²) >= 11 is 4.38. The van der Waals surface area contributed by atoms with Gasteiger partial charge in [-0.3, -0.25) is 14.6 Å². The summed E-state index contributed by atoms with van der Waals surface area (Å²) in [6.07, 6.45) is 26.2. The fourth-order valence-corrected chi connectivity index (χ4v) is 10.6. The number of nitrogens with zero attached hydrogens (tertiary/aromatic N) is 3. The molecule has 1 saturated heterocycles. The molecule has 2 atom stereocenters. The van der Waals surface area contributed by atoms with Gasteiger partial charge >= 0.3 is 5.97 Å². The third-order valence-electron chi connectivity index (χ3n) is 13.8. The lowest BCUT2D eigenvalue weighted by Gasteiger charge is -2.42. The lowest BCUT2D eigenvalue weighted by molar-refractivity contribution is -0.144. The molecule has 0 bridgehead atoms. The molecule has 0 amide bonds. The summed E-state index contributed by atoms with van der Waals surface area (Å²) in [7, 11) is -3.99. The number of esters is 1. The molecule has 59 heavy (non-hydrogen) atoms. The van der Waals surface area contributed by atoms with E-state index in [1.54, 1.807) is 0 Å². The van der Waals surface area contributed by atoms with E-state index in [4.69, 9.17) is 13.6 Å². The molecule has 1 rings (SSSR count). The van der Waals surface area contributed by atoms with Gasteiger partial charge in [0.05, 0.1) is 12.2 Å².